The number of hydrogen-bond donors (Lipinski definition) is 2. The molecule has 0 aliphatic carbocycles. The van der Waals surface area contributed by atoms with Crippen LogP contribution in [0.2, 0.25) is 0 Å². The molecule has 0 rings (SSSR count). The predicted octanol–water partition coefficient (Wildman–Crippen LogP) is -0.187. The molecule has 0 saturated heterocycles. The third kappa shape index (κ3) is 13.0. The third-order valence-corrected chi connectivity index (χ3v) is 1.68. The van der Waals surface area contributed by atoms with Crippen molar-refractivity contribution in [3.63, 3.8) is 0 Å². The van der Waals surface area contributed by atoms with Crippen LogP contribution in [0.15, 0.2) is 0 Å². The Morgan fingerprint density at radius 2 is 1.89 bits per heavy atom. The maximum Gasteiger partial charge on any atom is 0.264 e. The summed E-state index contributed by atoms with van der Waals surface area (Å²) in [5, 5.41) is 0. The zero-order valence-electron chi connectivity index (χ0n) is 5.24. The molecule has 1 N–H and O–H groups in total. The Morgan fingerprint density at radius 1 is 1.44 bits per heavy atom. The molecular weight excluding hydrogens is 187 g/mol. The minimum atomic E-state index is -3.74. The van der Waals surface area contributed by atoms with Crippen molar-refractivity contribution in [2.75, 3.05) is 11.5 Å². The summed E-state index contributed by atoms with van der Waals surface area (Å²) < 4.78 is 27.9. The quantitative estimate of drug-likeness (QED) is 0.373. The van der Waals surface area contributed by atoms with Crippen molar-refractivity contribution in [2.24, 2.45) is 0 Å². The molecule has 0 fully saturated rings. The fourth-order valence-corrected chi connectivity index (χ4v) is 1.13. The standard InChI is InChI=1S/C3H8O3S2.K/c4-8(5,6)3-1-2-7;/h7H,1-3H2,(H,4,5,6);. The van der Waals surface area contributed by atoms with E-state index < -0.39 is 10.1 Å². The molecule has 0 aliphatic rings. The van der Waals surface area contributed by atoms with E-state index >= 15 is 0 Å². The summed E-state index contributed by atoms with van der Waals surface area (Å²) in [7, 11) is -3.74. The van der Waals surface area contributed by atoms with E-state index in [1.807, 2.05) is 0 Å². The molecule has 0 unspecified atom stereocenters. The summed E-state index contributed by atoms with van der Waals surface area (Å²) in [6, 6.07) is 0. The van der Waals surface area contributed by atoms with E-state index in [9.17, 15) is 8.42 Å². The van der Waals surface area contributed by atoms with Gasteiger partial charge in [-0.05, 0) is 12.2 Å². The first-order valence-electron chi connectivity index (χ1n) is 2.12. The summed E-state index contributed by atoms with van der Waals surface area (Å²) in [6.45, 7) is 0. The molecule has 0 aliphatic heterocycles. The van der Waals surface area contributed by atoms with Gasteiger partial charge in [0.25, 0.3) is 10.1 Å². The van der Waals surface area contributed by atoms with Crippen molar-refractivity contribution >= 4 is 74.1 Å². The largest absolute Gasteiger partial charge is 0.286 e. The molecule has 6 heteroatoms. The molecule has 3 nitrogen and oxygen atoms in total. The van der Waals surface area contributed by atoms with E-state index in [2.05, 4.69) is 12.6 Å². The molecule has 0 aromatic heterocycles. The molecule has 0 saturated carbocycles. The monoisotopic (exact) mass is 195 g/mol. The van der Waals surface area contributed by atoms with E-state index in [-0.39, 0.29) is 57.1 Å². The SMILES string of the molecule is O=S(=O)(O)CCCS.[K]. The Hall–Kier alpha value is 1.90. The predicted molar refractivity (Wildman–Crippen MR) is 40.6 cm³/mol. The van der Waals surface area contributed by atoms with Gasteiger partial charge in [0.1, 0.15) is 0 Å². The van der Waals surface area contributed by atoms with Gasteiger partial charge in [-0.1, -0.05) is 0 Å². The van der Waals surface area contributed by atoms with Gasteiger partial charge in [-0.3, -0.25) is 4.55 Å². The van der Waals surface area contributed by atoms with Crippen LogP contribution in [-0.2, 0) is 10.1 Å². The Balaban J connectivity index is 0. The molecular formula is C3H8KO3S2. The molecule has 51 valence electrons. The number of thiol groups is 1. The van der Waals surface area contributed by atoms with E-state index in [0.29, 0.717) is 12.2 Å². The van der Waals surface area contributed by atoms with Crippen molar-refractivity contribution < 1.29 is 13.0 Å². The van der Waals surface area contributed by atoms with E-state index in [4.69, 9.17) is 4.55 Å². The van der Waals surface area contributed by atoms with Crippen molar-refractivity contribution in [3.8, 4) is 0 Å². The van der Waals surface area contributed by atoms with Crippen LogP contribution in [-0.4, -0.2) is 75.9 Å². The minimum absolute atomic E-state index is 0. The van der Waals surface area contributed by atoms with Gasteiger partial charge in [0.2, 0.25) is 0 Å². The van der Waals surface area contributed by atoms with Crippen molar-refractivity contribution in [1.29, 1.82) is 0 Å². The molecule has 0 aromatic carbocycles. The maximum absolute atomic E-state index is 9.91. The Morgan fingerprint density at radius 3 is 2.00 bits per heavy atom. The molecule has 0 amide bonds. The van der Waals surface area contributed by atoms with Crippen LogP contribution in [0.4, 0.5) is 0 Å². The summed E-state index contributed by atoms with van der Waals surface area (Å²) in [5.41, 5.74) is 0. The van der Waals surface area contributed by atoms with Crippen molar-refractivity contribution in [3.05, 3.63) is 0 Å². The van der Waals surface area contributed by atoms with Gasteiger partial charge in [-0.2, -0.15) is 21.0 Å². The molecule has 0 aromatic rings. The first-order valence-corrected chi connectivity index (χ1v) is 4.36. The minimum Gasteiger partial charge on any atom is -0.286 e. The smallest absolute Gasteiger partial charge is 0.264 e. The normalized spacial score (nSPS) is 10.4. The second kappa shape index (κ2) is 6.60. The fourth-order valence-electron chi connectivity index (χ4n) is 0.247. The van der Waals surface area contributed by atoms with Crippen LogP contribution in [0.3, 0.4) is 0 Å². The second-order valence-electron chi connectivity index (χ2n) is 1.36. The van der Waals surface area contributed by atoms with Crippen LogP contribution in [0.5, 0.6) is 0 Å². The fraction of sp³-hybridized carbons (Fsp3) is 1.00. The van der Waals surface area contributed by atoms with Crippen LogP contribution < -0.4 is 0 Å². The van der Waals surface area contributed by atoms with Crippen LogP contribution >= 0.6 is 12.6 Å². The zero-order chi connectivity index (χ0) is 6.62. The summed E-state index contributed by atoms with van der Waals surface area (Å²) in [4.78, 5) is 0. The van der Waals surface area contributed by atoms with Gasteiger partial charge in [0, 0.05) is 51.4 Å². The topological polar surface area (TPSA) is 54.4 Å². The summed E-state index contributed by atoms with van der Waals surface area (Å²) in [6.07, 6.45) is 0.405. The van der Waals surface area contributed by atoms with Gasteiger partial charge in [-0.15, -0.1) is 0 Å². The number of rotatable bonds is 3. The first kappa shape index (κ1) is 13.5. The second-order valence-corrected chi connectivity index (χ2v) is 3.38. The molecule has 0 spiro atoms. The molecule has 0 heterocycles. The summed E-state index contributed by atoms with van der Waals surface area (Å²) >= 11 is 3.76. The van der Waals surface area contributed by atoms with Crippen molar-refractivity contribution in [1.82, 2.24) is 0 Å². The maximum atomic E-state index is 9.91. The van der Waals surface area contributed by atoms with Gasteiger partial charge < -0.3 is 0 Å². The number of hydrogen-bond acceptors (Lipinski definition) is 3. The van der Waals surface area contributed by atoms with Crippen LogP contribution in [0.25, 0.3) is 0 Å². The van der Waals surface area contributed by atoms with E-state index in [1.54, 1.807) is 0 Å². The average Bonchev–Trinajstić information content (AvgIpc) is 1.59. The zero-order valence-corrected chi connectivity index (χ0v) is 10.1. The Kier molecular flexibility index (Phi) is 9.88. The van der Waals surface area contributed by atoms with Gasteiger partial charge in [0.05, 0.1) is 5.75 Å². The molecule has 0 atom stereocenters. The van der Waals surface area contributed by atoms with E-state index in [1.165, 1.54) is 0 Å². The third-order valence-electron chi connectivity index (χ3n) is 0.560. The van der Waals surface area contributed by atoms with Crippen LogP contribution in [0, 0.1) is 0 Å². The molecule has 1 radical (unpaired) electrons. The Labute approximate surface area is 103 Å². The van der Waals surface area contributed by atoms with Gasteiger partial charge in [-0.25, -0.2) is 0 Å². The Bertz CT molecular complexity index is 141. The van der Waals surface area contributed by atoms with E-state index in [0.717, 1.165) is 0 Å². The van der Waals surface area contributed by atoms with Gasteiger partial charge in [0.15, 0.2) is 0 Å². The van der Waals surface area contributed by atoms with Crippen molar-refractivity contribution in [2.45, 2.75) is 6.42 Å². The molecule has 0 bridgehead atoms. The van der Waals surface area contributed by atoms with Crippen LogP contribution in [0.1, 0.15) is 6.42 Å². The average molecular weight is 195 g/mol. The van der Waals surface area contributed by atoms with Gasteiger partial charge >= 0.3 is 0 Å². The summed E-state index contributed by atoms with van der Waals surface area (Å²) in [5.74, 6) is 0.302. The first-order chi connectivity index (χ1) is 3.56. The molecule has 9 heavy (non-hydrogen) atoms.